The van der Waals surface area contributed by atoms with Crippen LogP contribution in [0.15, 0.2) is 72.8 Å². The second-order valence-corrected chi connectivity index (χ2v) is 7.91. The average molecular weight is 385 g/mol. The van der Waals surface area contributed by atoms with Crippen molar-refractivity contribution in [1.29, 1.82) is 0 Å². The number of carbonyl (C=O) groups is 1. The zero-order valence-corrected chi connectivity index (χ0v) is 17.0. The largest absolute Gasteiger partial charge is 0.366 e. The molecule has 1 fully saturated rings. The van der Waals surface area contributed by atoms with E-state index in [9.17, 15) is 4.79 Å². The van der Waals surface area contributed by atoms with Gasteiger partial charge in [0.25, 0.3) is 0 Å². The summed E-state index contributed by atoms with van der Waals surface area (Å²) in [6, 6.07) is 17.0. The van der Waals surface area contributed by atoms with Gasteiger partial charge in [0.15, 0.2) is 0 Å². The van der Waals surface area contributed by atoms with Crippen LogP contribution in [0.2, 0.25) is 0 Å². The summed E-state index contributed by atoms with van der Waals surface area (Å²) in [5.41, 5.74) is 12.0. The van der Waals surface area contributed by atoms with Gasteiger partial charge in [0.1, 0.15) is 0 Å². The Balaban J connectivity index is 1.54. The summed E-state index contributed by atoms with van der Waals surface area (Å²) in [5, 5.41) is 0. The maximum Gasteiger partial charge on any atom is 0.248 e. The molecule has 148 valence electrons. The highest BCUT2D eigenvalue weighted by Gasteiger charge is 2.19. The molecule has 2 aromatic rings. The van der Waals surface area contributed by atoms with E-state index in [0.29, 0.717) is 11.6 Å². The van der Waals surface area contributed by atoms with Crippen LogP contribution < -0.4 is 5.73 Å². The van der Waals surface area contributed by atoms with Crippen LogP contribution in [0.3, 0.4) is 0 Å². The van der Waals surface area contributed by atoms with Crippen LogP contribution in [0.1, 0.15) is 59.3 Å². The molecule has 1 aliphatic heterocycles. The lowest BCUT2D eigenvalue weighted by Gasteiger charge is -2.24. The Bertz CT molecular complexity index is 976. The highest BCUT2D eigenvalue weighted by atomic mass is 16.1. The van der Waals surface area contributed by atoms with Crippen molar-refractivity contribution >= 4 is 17.1 Å². The molecule has 1 unspecified atom stereocenters. The number of nitrogens with two attached hydrogens (primary N) is 1. The number of primary amides is 1. The van der Waals surface area contributed by atoms with Crippen LogP contribution in [0, 0.1) is 0 Å². The van der Waals surface area contributed by atoms with E-state index >= 15 is 0 Å². The molecule has 1 heterocycles. The Hall–Kier alpha value is -2.91. The molecule has 1 aliphatic carbocycles. The smallest absolute Gasteiger partial charge is 0.248 e. The maximum atomic E-state index is 11.5. The van der Waals surface area contributed by atoms with Gasteiger partial charge in [0.05, 0.1) is 0 Å². The van der Waals surface area contributed by atoms with E-state index in [1.807, 2.05) is 18.2 Å². The first-order valence-corrected chi connectivity index (χ1v) is 10.4. The van der Waals surface area contributed by atoms with Crippen molar-refractivity contribution in [2.24, 2.45) is 5.73 Å². The predicted octanol–water partition coefficient (Wildman–Crippen LogP) is 5.37. The lowest BCUT2D eigenvalue weighted by atomic mass is 9.99. The van der Waals surface area contributed by atoms with Gasteiger partial charge < -0.3 is 5.73 Å². The van der Waals surface area contributed by atoms with Crippen molar-refractivity contribution in [2.75, 3.05) is 13.1 Å². The fraction of sp³-hybridized carbons (Fsp3) is 0.269. The average Bonchev–Trinajstić information content (AvgIpc) is 3.18. The van der Waals surface area contributed by atoms with E-state index in [1.165, 1.54) is 42.6 Å². The summed E-state index contributed by atoms with van der Waals surface area (Å²) in [7, 11) is 0. The van der Waals surface area contributed by atoms with Crippen molar-refractivity contribution in [3.63, 3.8) is 0 Å². The second-order valence-electron chi connectivity index (χ2n) is 7.91. The summed E-state index contributed by atoms with van der Waals surface area (Å²) in [6.07, 6.45) is 12.1. The van der Waals surface area contributed by atoms with Crippen molar-refractivity contribution in [3.8, 4) is 0 Å². The highest BCUT2D eigenvalue weighted by molar-refractivity contribution is 5.94. The van der Waals surface area contributed by atoms with Gasteiger partial charge >= 0.3 is 0 Å². The first-order valence-electron chi connectivity index (χ1n) is 10.4. The summed E-state index contributed by atoms with van der Waals surface area (Å²) in [5.74, 6) is -0.399. The number of benzene rings is 2. The van der Waals surface area contributed by atoms with Gasteiger partial charge in [-0.3, -0.25) is 9.69 Å². The second kappa shape index (κ2) is 8.62. The molecule has 2 N–H and O–H groups in total. The SMILES string of the molecule is CC(c1ccc(C2=CC=C(c3cccc(C(N)=O)c3)C=CC2)cc1)N1CCCC1. The van der Waals surface area contributed by atoms with Crippen LogP contribution in [-0.4, -0.2) is 23.9 Å². The van der Waals surface area contributed by atoms with Gasteiger partial charge in [-0.25, -0.2) is 0 Å². The number of likely N-dealkylation sites (tertiary alicyclic amines) is 1. The molecule has 3 heteroatoms. The normalized spacial score (nSPS) is 18.1. The third-order valence-corrected chi connectivity index (χ3v) is 6.03. The van der Waals surface area contributed by atoms with Gasteiger partial charge in [0, 0.05) is 11.6 Å². The topological polar surface area (TPSA) is 46.3 Å². The first-order chi connectivity index (χ1) is 14.1. The minimum Gasteiger partial charge on any atom is -0.366 e. The molecular formula is C26H28N2O. The van der Waals surface area contributed by atoms with E-state index in [2.05, 4.69) is 60.4 Å². The quantitative estimate of drug-likeness (QED) is 0.753. The summed E-state index contributed by atoms with van der Waals surface area (Å²) in [6.45, 7) is 4.73. The number of nitrogens with zero attached hydrogens (tertiary/aromatic N) is 1. The van der Waals surface area contributed by atoms with Crippen molar-refractivity contribution in [1.82, 2.24) is 4.90 Å². The highest BCUT2D eigenvalue weighted by Crippen LogP contribution is 2.29. The summed E-state index contributed by atoms with van der Waals surface area (Å²) in [4.78, 5) is 14.0. The van der Waals surface area contributed by atoms with Crippen molar-refractivity contribution in [3.05, 3.63) is 95.1 Å². The molecular weight excluding hydrogens is 356 g/mol. The van der Waals surface area contributed by atoms with Crippen LogP contribution >= 0.6 is 0 Å². The standard InChI is InChI=1S/C26H28N2O/c1-19(28-16-2-3-17-28)20-10-12-23(13-11-20)21-6-4-7-22(15-14-21)24-8-5-9-25(18-24)26(27)29/h4-5,7-15,18-19H,2-3,6,16-17H2,1H3,(H2,27,29). The fourth-order valence-corrected chi connectivity index (χ4v) is 4.20. The molecule has 0 spiro atoms. The molecule has 1 atom stereocenters. The van der Waals surface area contributed by atoms with Crippen LogP contribution in [0.5, 0.6) is 0 Å². The van der Waals surface area contributed by atoms with Gasteiger partial charge in [-0.1, -0.05) is 60.7 Å². The lowest BCUT2D eigenvalue weighted by molar-refractivity contribution is 0.100. The van der Waals surface area contributed by atoms with Gasteiger partial charge in [0.2, 0.25) is 5.91 Å². The monoisotopic (exact) mass is 384 g/mol. The summed E-state index contributed by atoms with van der Waals surface area (Å²) < 4.78 is 0. The molecule has 0 bridgehead atoms. The number of hydrogen-bond acceptors (Lipinski definition) is 2. The Morgan fingerprint density at radius 1 is 1.00 bits per heavy atom. The Kier molecular flexibility index (Phi) is 5.77. The Morgan fingerprint density at radius 2 is 1.76 bits per heavy atom. The zero-order chi connectivity index (χ0) is 20.2. The van der Waals surface area contributed by atoms with Crippen LogP contribution in [0.4, 0.5) is 0 Å². The van der Waals surface area contributed by atoms with Crippen molar-refractivity contribution < 1.29 is 4.79 Å². The van der Waals surface area contributed by atoms with Gasteiger partial charge in [-0.05, 0) is 79.2 Å². The molecule has 2 aromatic carbocycles. The number of amides is 1. The van der Waals surface area contributed by atoms with E-state index < -0.39 is 5.91 Å². The Morgan fingerprint density at radius 3 is 2.48 bits per heavy atom. The Labute approximate surface area is 173 Å². The molecule has 0 saturated carbocycles. The van der Waals surface area contributed by atoms with Crippen LogP contribution in [-0.2, 0) is 0 Å². The minimum absolute atomic E-state index is 0.399. The molecule has 1 amide bonds. The van der Waals surface area contributed by atoms with Gasteiger partial charge in [-0.2, -0.15) is 0 Å². The predicted molar refractivity (Wildman–Crippen MR) is 120 cm³/mol. The molecule has 4 rings (SSSR count). The molecule has 0 radical (unpaired) electrons. The maximum absolute atomic E-state index is 11.5. The first kappa shape index (κ1) is 19.4. The number of hydrogen-bond donors (Lipinski definition) is 1. The molecule has 29 heavy (non-hydrogen) atoms. The summed E-state index contributed by atoms with van der Waals surface area (Å²) >= 11 is 0. The number of carbonyl (C=O) groups excluding carboxylic acids is 1. The molecule has 0 aromatic heterocycles. The third kappa shape index (κ3) is 4.41. The van der Waals surface area contributed by atoms with Crippen molar-refractivity contribution in [2.45, 2.75) is 32.2 Å². The minimum atomic E-state index is -0.399. The van der Waals surface area contributed by atoms with E-state index in [-0.39, 0.29) is 0 Å². The zero-order valence-electron chi connectivity index (χ0n) is 17.0. The van der Waals surface area contributed by atoms with E-state index in [1.54, 1.807) is 6.07 Å². The lowest BCUT2D eigenvalue weighted by Crippen LogP contribution is -2.23. The molecule has 3 nitrogen and oxygen atoms in total. The number of allylic oxidation sites excluding steroid dienone is 6. The molecule has 2 aliphatic rings. The van der Waals surface area contributed by atoms with Crippen LogP contribution in [0.25, 0.3) is 11.1 Å². The number of rotatable bonds is 5. The van der Waals surface area contributed by atoms with Gasteiger partial charge in [-0.15, -0.1) is 0 Å². The molecule has 1 saturated heterocycles. The van der Waals surface area contributed by atoms with E-state index in [4.69, 9.17) is 5.73 Å². The third-order valence-electron chi connectivity index (χ3n) is 6.03. The van der Waals surface area contributed by atoms with E-state index in [0.717, 1.165) is 17.6 Å². The fourth-order valence-electron chi connectivity index (χ4n) is 4.20.